The predicted octanol–water partition coefficient (Wildman–Crippen LogP) is -0.202. The van der Waals surface area contributed by atoms with Gasteiger partial charge in [-0.15, -0.1) is 0 Å². The first-order valence-corrected chi connectivity index (χ1v) is 11.0. The second-order valence-electron chi connectivity index (χ2n) is 7.47. The molecule has 0 N–H and O–H groups in total. The molecule has 0 aromatic heterocycles. The summed E-state index contributed by atoms with van der Waals surface area (Å²) in [6.07, 6.45) is 1.22. The van der Waals surface area contributed by atoms with E-state index in [-0.39, 0.29) is 50.0 Å². The Hall–Kier alpha value is -2.04. The molecule has 3 aliphatic rings. The normalized spacial score (nSPS) is 28.4. The molecule has 0 saturated carbocycles. The minimum absolute atomic E-state index is 0.00622. The number of halogens is 1. The van der Waals surface area contributed by atoms with Crippen molar-refractivity contribution in [2.75, 3.05) is 32.4 Å². The average Bonchev–Trinajstić information content (AvgIpc) is 3.09. The third-order valence-electron chi connectivity index (χ3n) is 5.61. The van der Waals surface area contributed by atoms with Gasteiger partial charge in [0, 0.05) is 32.6 Å². The van der Waals surface area contributed by atoms with E-state index in [9.17, 15) is 22.4 Å². The molecule has 0 spiro atoms. The summed E-state index contributed by atoms with van der Waals surface area (Å²) in [5, 5.41) is 0. The Morgan fingerprint density at radius 2 is 1.71 bits per heavy atom. The molecule has 8 nitrogen and oxygen atoms in total. The molecule has 28 heavy (non-hydrogen) atoms. The Labute approximate surface area is 162 Å². The SMILES string of the molecule is CS(=O)(=O)N1CCN2C(=O)C3CC(OCc4ccc(F)cc4)CN3C(=O)C2C1. The lowest BCUT2D eigenvalue weighted by atomic mass is 10.0. The summed E-state index contributed by atoms with van der Waals surface area (Å²) >= 11 is 0. The molecule has 0 bridgehead atoms. The third-order valence-corrected chi connectivity index (χ3v) is 6.88. The quantitative estimate of drug-likeness (QED) is 0.685. The van der Waals surface area contributed by atoms with Crippen molar-refractivity contribution < 1.29 is 27.1 Å². The number of rotatable bonds is 4. The van der Waals surface area contributed by atoms with Crippen LogP contribution in [0.25, 0.3) is 0 Å². The number of carbonyl (C=O) groups is 2. The van der Waals surface area contributed by atoms with Crippen LogP contribution in [0.4, 0.5) is 4.39 Å². The molecule has 3 aliphatic heterocycles. The largest absolute Gasteiger partial charge is 0.372 e. The van der Waals surface area contributed by atoms with Gasteiger partial charge < -0.3 is 14.5 Å². The molecule has 3 fully saturated rings. The third kappa shape index (κ3) is 3.51. The van der Waals surface area contributed by atoms with E-state index in [0.717, 1.165) is 11.8 Å². The van der Waals surface area contributed by atoms with E-state index in [1.54, 1.807) is 12.1 Å². The average molecular weight is 411 g/mol. The summed E-state index contributed by atoms with van der Waals surface area (Å²) < 4.78 is 43.7. The molecular formula is C18H22FN3O5S. The maximum absolute atomic E-state index is 13.0. The maximum Gasteiger partial charge on any atom is 0.247 e. The van der Waals surface area contributed by atoms with Crippen molar-refractivity contribution in [3.63, 3.8) is 0 Å². The fourth-order valence-electron chi connectivity index (χ4n) is 4.11. The highest BCUT2D eigenvalue weighted by Gasteiger charge is 2.52. The number of piperazine rings is 2. The van der Waals surface area contributed by atoms with Crippen LogP contribution in [-0.4, -0.2) is 85.0 Å². The Morgan fingerprint density at radius 3 is 2.39 bits per heavy atom. The second-order valence-corrected chi connectivity index (χ2v) is 9.45. The molecule has 0 aliphatic carbocycles. The Bertz CT molecular complexity index is 891. The highest BCUT2D eigenvalue weighted by Crippen LogP contribution is 2.31. The summed E-state index contributed by atoms with van der Waals surface area (Å²) in [6.45, 7) is 0.968. The molecule has 3 saturated heterocycles. The minimum Gasteiger partial charge on any atom is -0.372 e. The van der Waals surface area contributed by atoms with Crippen LogP contribution in [0.3, 0.4) is 0 Å². The molecule has 3 unspecified atom stereocenters. The molecular weight excluding hydrogens is 389 g/mol. The number of carbonyl (C=O) groups excluding carboxylic acids is 2. The number of amides is 2. The smallest absolute Gasteiger partial charge is 0.247 e. The highest BCUT2D eigenvalue weighted by atomic mass is 32.2. The number of fused-ring (bicyclic) bond motifs is 2. The van der Waals surface area contributed by atoms with Gasteiger partial charge in [0.05, 0.1) is 19.0 Å². The standard InChI is InChI=1S/C18H22FN3O5S/c1-28(25,26)20-6-7-21-16(10-20)18(24)22-9-14(8-15(22)17(21)23)27-11-12-2-4-13(19)5-3-12/h2-5,14-16H,6-11H2,1H3. The van der Waals surface area contributed by atoms with E-state index >= 15 is 0 Å². The lowest BCUT2D eigenvalue weighted by Crippen LogP contribution is -2.69. The number of ether oxygens (including phenoxy) is 1. The van der Waals surface area contributed by atoms with Gasteiger partial charge >= 0.3 is 0 Å². The Kier molecular flexibility index (Phi) is 4.88. The van der Waals surface area contributed by atoms with Crippen LogP contribution < -0.4 is 0 Å². The molecule has 152 valence electrons. The fourth-order valence-corrected chi connectivity index (χ4v) is 4.93. The van der Waals surface area contributed by atoms with Gasteiger partial charge in [-0.25, -0.2) is 12.8 Å². The summed E-state index contributed by atoms with van der Waals surface area (Å²) in [5.41, 5.74) is 0.810. The molecule has 10 heteroatoms. The summed E-state index contributed by atoms with van der Waals surface area (Å²) in [4.78, 5) is 28.8. The topological polar surface area (TPSA) is 87.2 Å². The molecule has 3 atom stereocenters. The Balaban J connectivity index is 1.44. The molecule has 3 heterocycles. The number of benzene rings is 1. The van der Waals surface area contributed by atoms with Crippen LogP contribution >= 0.6 is 0 Å². The van der Waals surface area contributed by atoms with E-state index < -0.39 is 22.1 Å². The van der Waals surface area contributed by atoms with E-state index in [2.05, 4.69) is 0 Å². The van der Waals surface area contributed by atoms with E-state index in [0.29, 0.717) is 13.0 Å². The zero-order valence-electron chi connectivity index (χ0n) is 15.5. The maximum atomic E-state index is 13.0. The minimum atomic E-state index is -3.42. The first-order chi connectivity index (χ1) is 13.2. The monoisotopic (exact) mass is 411 g/mol. The van der Waals surface area contributed by atoms with Gasteiger partial charge in [0.25, 0.3) is 0 Å². The Morgan fingerprint density at radius 1 is 1.04 bits per heavy atom. The van der Waals surface area contributed by atoms with Crippen molar-refractivity contribution >= 4 is 21.8 Å². The van der Waals surface area contributed by atoms with Gasteiger partial charge in [0.15, 0.2) is 0 Å². The highest BCUT2D eigenvalue weighted by molar-refractivity contribution is 7.88. The lowest BCUT2D eigenvalue weighted by Gasteiger charge is -2.46. The van der Waals surface area contributed by atoms with E-state index in [4.69, 9.17) is 4.74 Å². The first kappa shape index (κ1) is 19.3. The number of nitrogens with zero attached hydrogens (tertiary/aromatic N) is 3. The van der Waals surface area contributed by atoms with Gasteiger partial charge in [0.1, 0.15) is 17.9 Å². The molecule has 0 radical (unpaired) electrons. The van der Waals surface area contributed by atoms with Crippen molar-refractivity contribution in [1.82, 2.24) is 14.1 Å². The van der Waals surface area contributed by atoms with Crippen LogP contribution in [0.1, 0.15) is 12.0 Å². The lowest BCUT2D eigenvalue weighted by molar-refractivity contribution is -0.161. The second kappa shape index (κ2) is 7.09. The zero-order chi connectivity index (χ0) is 20.1. The molecule has 4 rings (SSSR count). The van der Waals surface area contributed by atoms with E-state index in [1.165, 1.54) is 26.2 Å². The van der Waals surface area contributed by atoms with Gasteiger partial charge in [-0.3, -0.25) is 9.59 Å². The summed E-state index contributed by atoms with van der Waals surface area (Å²) in [7, 11) is -3.42. The van der Waals surface area contributed by atoms with Crippen molar-refractivity contribution in [1.29, 1.82) is 0 Å². The molecule has 1 aromatic carbocycles. The molecule has 1 aromatic rings. The van der Waals surface area contributed by atoms with Gasteiger partial charge in [0.2, 0.25) is 21.8 Å². The predicted molar refractivity (Wildman–Crippen MR) is 97.0 cm³/mol. The van der Waals surface area contributed by atoms with Crippen molar-refractivity contribution in [3.8, 4) is 0 Å². The van der Waals surface area contributed by atoms with Crippen molar-refractivity contribution in [2.24, 2.45) is 0 Å². The van der Waals surface area contributed by atoms with Crippen LogP contribution in [0.5, 0.6) is 0 Å². The van der Waals surface area contributed by atoms with Crippen LogP contribution in [0.15, 0.2) is 24.3 Å². The van der Waals surface area contributed by atoms with Crippen LogP contribution in [0, 0.1) is 5.82 Å². The van der Waals surface area contributed by atoms with Crippen molar-refractivity contribution in [2.45, 2.75) is 31.2 Å². The van der Waals surface area contributed by atoms with Crippen LogP contribution in [-0.2, 0) is 31.0 Å². The van der Waals surface area contributed by atoms with Gasteiger partial charge in [-0.1, -0.05) is 12.1 Å². The van der Waals surface area contributed by atoms with E-state index in [1.807, 2.05) is 0 Å². The number of hydrogen-bond donors (Lipinski definition) is 0. The summed E-state index contributed by atoms with van der Waals surface area (Å²) in [6, 6.07) is 4.64. The first-order valence-electron chi connectivity index (χ1n) is 9.16. The number of sulfonamides is 1. The van der Waals surface area contributed by atoms with Crippen LogP contribution in [0.2, 0.25) is 0 Å². The number of hydrogen-bond acceptors (Lipinski definition) is 5. The summed E-state index contributed by atoms with van der Waals surface area (Å²) in [5.74, 6) is -0.700. The fraction of sp³-hybridized carbons (Fsp3) is 0.556. The van der Waals surface area contributed by atoms with Gasteiger partial charge in [-0.05, 0) is 17.7 Å². The van der Waals surface area contributed by atoms with Crippen molar-refractivity contribution in [3.05, 3.63) is 35.6 Å². The van der Waals surface area contributed by atoms with Gasteiger partial charge in [-0.2, -0.15) is 4.31 Å². The zero-order valence-corrected chi connectivity index (χ0v) is 16.3. The molecule has 2 amide bonds.